The number of aliphatic hydroxyl groups excluding tert-OH is 1. The van der Waals surface area contributed by atoms with Crippen LogP contribution in [0.3, 0.4) is 0 Å². The molecule has 1 saturated carbocycles. The monoisotopic (exact) mass is 335 g/mol. The summed E-state index contributed by atoms with van der Waals surface area (Å²) in [5.41, 5.74) is -0.170. The molecule has 1 aromatic carbocycles. The van der Waals surface area contributed by atoms with Crippen molar-refractivity contribution in [1.82, 2.24) is 15.1 Å². The van der Waals surface area contributed by atoms with Gasteiger partial charge in [-0.25, -0.2) is 8.78 Å². The van der Waals surface area contributed by atoms with Crippen molar-refractivity contribution in [1.29, 1.82) is 0 Å². The van der Waals surface area contributed by atoms with Crippen LogP contribution in [0.2, 0.25) is 0 Å². The molecular weight excluding hydrogens is 316 g/mol. The van der Waals surface area contributed by atoms with E-state index in [0.717, 1.165) is 31.4 Å². The normalized spacial score (nSPS) is 20.3. The molecule has 0 radical (unpaired) electrons. The van der Waals surface area contributed by atoms with E-state index in [0.29, 0.717) is 6.54 Å². The molecule has 1 amide bonds. The molecule has 2 aromatic rings. The molecular formula is C17H19F2N3O2. The molecule has 128 valence electrons. The number of nitrogens with zero attached hydrogens (tertiary/aromatic N) is 2. The molecule has 2 atom stereocenters. The highest BCUT2D eigenvalue weighted by Crippen LogP contribution is 2.29. The van der Waals surface area contributed by atoms with Gasteiger partial charge >= 0.3 is 0 Å². The number of nitrogens with one attached hydrogen (secondary N) is 1. The molecule has 7 heteroatoms. The lowest BCUT2D eigenvalue weighted by atomic mass is 10.0. The molecule has 0 spiro atoms. The topological polar surface area (TPSA) is 69.2 Å². The van der Waals surface area contributed by atoms with E-state index in [2.05, 4.69) is 10.2 Å². The predicted octanol–water partition coefficient (Wildman–Crippen LogP) is 2.59. The van der Waals surface area contributed by atoms with Crippen molar-refractivity contribution in [3.8, 4) is 11.3 Å². The van der Waals surface area contributed by atoms with Gasteiger partial charge in [0.15, 0.2) is 0 Å². The van der Waals surface area contributed by atoms with Crippen molar-refractivity contribution in [2.75, 3.05) is 13.6 Å². The van der Waals surface area contributed by atoms with Crippen LogP contribution in [0.4, 0.5) is 8.78 Å². The van der Waals surface area contributed by atoms with Gasteiger partial charge < -0.3 is 10.0 Å². The number of carbonyl (C=O) groups excluding carboxylic acids is 1. The highest BCUT2D eigenvalue weighted by atomic mass is 19.1. The number of aromatic nitrogens is 2. The number of H-pyrrole nitrogens is 1. The van der Waals surface area contributed by atoms with Crippen LogP contribution in [0.25, 0.3) is 11.3 Å². The van der Waals surface area contributed by atoms with E-state index in [1.54, 1.807) is 7.05 Å². The van der Waals surface area contributed by atoms with Crippen LogP contribution in [0.1, 0.15) is 29.6 Å². The largest absolute Gasteiger partial charge is 0.393 e. The van der Waals surface area contributed by atoms with Crippen LogP contribution in [-0.2, 0) is 0 Å². The third kappa shape index (κ3) is 3.03. The van der Waals surface area contributed by atoms with Gasteiger partial charge in [0.2, 0.25) is 0 Å². The summed E-state index contributed by atoms with van der Waals surface area (Å²) in [5.74, 6) is -1.88. The van der Waals surface area contributed by atoms with E-state index >= 15 is 0 Å². The van der Waals surface area contributed by atoms with Crippen LogP contribution >= 0.6 is 0 Å². The number of rotatable bonds is 4. The summed E-state index contributed by atoms with van der Waals surface area (Å²) < 4.78 is 28.0. The fraction of sp³-hybridized carbons (Fsp3) is 0.412. The van der Waals surface area contributed by atoms with Crippen molar-refractivity contribution in [3.05, 3.63) is 41.6 Å². The first-order chi connectivity index (χ1) is 11.5. The Balaban J connectivity index is 1.85. The van der Waals surface area contributed by atoms with E-state index in [-0.39, 0.29) is 28.6 Å². The highest BCUT2D eigenvalue weighted by Gasteiger charge is 2.29. The van der Waals surface area contributed by atoms with Gasteiger partial charge in [0, 0.05) is 19.5 Å². The summed E-state index contributed by atoms with van der Waals surface area (Å²) in [5, 5.41) is 16.2. The summed E-state index contributed by atoms with van der Waals surface area (Å²) in [4.78, 5) is 14.1. The Kier molecular flexibility index (Phi) is 4.62. The maximum absolute atomic E-state index is 14.0. The number of aromatic amines is 1. The summed E-state index contributed by atoms with van der Waals surface area (Å²) in [6, 6.07) is 3.53. The summed E-state index contributed by atoms with van der Waals surface area (Å²) in [6.07, 6.45) is 3.40. The fourth-order valence-corrected chi connectivity index (χ4v) is 3.25. The summed E-state index contributed by atoms with van der Waals surface area (Å²) in [6.45, 7) is 0.393. The van der Waals surface area contributed by atoms with Gasteiger partial charge in [-0.1, -0.05) is 12.5 Å². The fourth-order valence-electron chi connectivity index (χ4n) is 3.25. The standard InChI is InChI=1S/C17H19F2N3O2/c1-22(9-10-4-2-7-14(10)23)17(24)11-8-20-21-16(11)15-12(18)5-3-6-13(15)19/h3,5-6,8,10,14,23H,2,4,7,9H2,1H3,(H,20,21). The van der Waals surface area contributed by atoms with Gasteiger partial charge in [0.05, 0.1) is 29.1 Å². The van der Waals surface area contributed by atoms with Crippen LogP contribution < -0.4 is 0 Å². The van der Waals surface area contributed by atoms with Gasteiger partial charge in [-0.2, -0.15) is 5.10 Å². The minimum atomic E-state index is -0.762. The second kappa shape index (κ2) is 6.68. The first-order valence-corrected chi connectivity index (χ1v) is 7.90. The van der Waals surface area contributed by atoms with Crippen molar-refractivity contribution in [2.24, 2.45) is 5.92 Å². The Morgan fingerprint density at radius 1 is 1.38 bits per heavy atom. The average molecular weight is 335 g/mol. The van der Waals surface area contributed by atoms with E-state index in [1.165, 1.54) is 17.2 Å². The molecule has 1 aliphatic rings. The van der Waals surface area contributed by atoms with Gasteiger partial charge in [-0.3, -0.25) is 9.89 Å². The second-order valence-corrected chi connectivity index (χ2v) is 6.20. The second-order valence-electron chi connectivity index (χ2n) is 6.20. The molecule has 1 aliphatic carbocycles. The minimum absolute atomic E-state index is 0.0226. The smallest absolute Gasteiger partial charge is 0.257 e. The molecule has 0 saturated heterocycles. The zero-order valence-electron chi connectivity index (χ0n) is 13.3. The van der Waals surface area contributed by atoms with Crippen molar-refractivity contribution in [3.63, 3.8) is 0 Å². The minimum Gasteiger partial charge on any atom is -0.393 e. The molecule has 2 unspecified atom stereocenters. The Bertz CT molecular complexity index is 727. The lowest BCUT2D eigenvalue weighted by Gasteiger charge is -2.23. The first-order valence-electron chi connectivity index (χ1n) is 7.90. The molecule has 0 aliphatic heterocycles. The third-order valence-electron chi connectivity index (χ3n) is 4.56. The van der Waals surface area contributed by atoms with E-state index < -0.39 is 17.7 Å². The van der Waals surface area contributed by atoms with Crippen molar-refractivity contribution in [2.45, 2.75) is 25.4 Å². The number of carbonyl (C=O) groups is 1. The van der Waals surface area contributed by atoms with Crippen LogP contribution in [0, 0.1) is 17.6 Å². The lowest BCUT2D eigenvalue weighted by Crippen LogP contribution is -2.34. The van der Waals surface area contributed by atoms with E-state index in [4.69, 9.17) is 0 Å². The Labute approximate surface area is 138 Å². The summed E-state index contributed by atoms with van der Waals surface area (Å²) in [7, 11) is 1.61. The maximum atomic E-state index is 14.0. The number of aliphatic hydroxyl groups is 1. The number of halogens is 2. The highest BCUT2D eigenvalue weighted by molar-refractivity contribution is 5.99. The molecule has 24 heavy (non-hydrogen) atoms. The third-order valence-corrected chi connectivity index (χ3v) is 4.56. The van der Waals surface area contributed by atoms with Crippen molar-refractivity contribution < 1.29 is 18.7 Å². The van der Waals surface area contributed by atoms with Crippen LogP contribution in [0.5, 0.6) is 0 Å². The first kappa shape index (κ1) is 16.6. The molecule has 1 fully saturated rings. The lowest BCUT2D eigenvalue weighted by molar-refractivity contribution is 0.0694. The Morgan fingerprint density at radius 2 is 2.08 bits per heavy atom. The number of benzene rings is 1. The molecule has 1 heterocycles. The zero-order valence-corrected chi connectivity index (χ0v) is 13.3. The Hall–Kier alpha value is -2.28. The van der Waals surface area contributed by atoms with Gasteiger partial charge in [-0.05, 0) is 25.0 Å². The number of hydrogen-bond donors (Lipinski definition) is 2. The van der Waals surface area contributed by atoms with E-state index in [9.17, 15) is 18.7 Å². The van der Waals surface area contributed by atoms with E-state index in [1.807, 2.05) is 0 Å². The van der Waals surface area contributed by atoms with Gasteiger partial charge in [0.25, 0.3) is 5.91 Å². The predicted molar refractivity (Wildman–Crippen MR) is 84.2 cm³/mol. The van der Waals surface area contributed by atoms with Gasteiger partial charge in [-0.15, -0.1) is 0 Å². The number of hydrogen-bond acceptors (Lipinski definition) is 3. The molecule has 5 nitrogen and oxygen atoms in total. The molecule has 0 bridgehead atoms. The van der Waals surface area contributed by atoms with Crippen molar-refractivity contribution >= 4 is 5.91 Å². The molecule has 1 aromatic heterocycles. The average Bonchev–Trinajstić information content (AvgIpc) is 3.16. The summed E-state index contributed by atoms with van der Waals surface area (Å²) >= 11 is 0. The SMILES string of the molecule is CN(CC1CCCC1O)C(=O)c1cn[nH]c1-c1c(F)cccc1F. The van der Waals surface area contributed by atoms with Gasteiger partial charge in [0.1, 0.15) is 11.6 Å². The van der Waals surface area contributed by atoms with Crippen LogP contribution in [-0.4, -0.2) is 45.8 Å². The molecule has 2 N–H and O–H groups in total. The number of amides is 1. The quantitative estimate of drug-likeness (QED) is 0.902. The Morgan fingerprint density at radius 3 is 2.71 bits per heavy atom. The maximum Gasteiger partial charge on any atom is 0.257 e. The van der Waals surface area contributed by atoms with Crippen LogP contribution in [0.15, 0.2) is 24.4 Å². The zero-order chi connectivity index (χ0) is 17.3. The molecule has 3 rings (SSSR count).